The quantitative estimate of drug-likeness (QED) is 0.0347. The van der Waals surface area contributed by atoms with E-state index in [2.05, 4.69) is 27.7 Å². The second-order valence-electron chi connectivity index (χ2n) is 17.6. The largest absolute Gasteiger partial charge is 0.462 e. The van der Waals surface area contributed by atoms with E-state index in [9.17, 15) is 14.4 Å². The van der Waals surface area contributed by atoms with Crippen LogP contribution < -0.4 is 0 Å². The van der Waals surface area contributed by atoms with Crippen LogP contribution in [0.2, 0.25) is 0 Å². The van der Waals surface area contributed by atoms with E-state index in [1.165, 1.54) is 173 Å². The molecule has 0 aromatic carbocycles. The van der Waals surface area contributed by atoms with Gasteiger partial charge in [-0.15, -0.1) is 0 Å². The van der Waals surface area contributed by atoms with Crippen molar-refractivity contribution >= 4 is 17.9 Å². The summed E-state index contributed by atoms with van der Waals surface area (Å²) in [5.74, 6) is -0.0137. The van der Waals surface area contributed by atoms with Gasteiger partial charge in [-0.2, -0.15) is 0 Å². The Kier molecular flexibility index (Phi) is 43.2. The number of carbonyl (C=O) groups is 3. The molecule has 332 valence electrons. The highest BCUT2D eigenvalue weighted by Gasteiger charge is 2.19. The maximum atomic E-state index is 12.7. The van der Waals surface area contributed by atoms with Gasteiger partial charge in [0.1, 0.15) is 13.2 Å². The van der Waals surface area contributed by atoms with Crippen molar-refractivity contribution in [3.05, 3.63) is 0 Å². The van der Waals surface area contributed by atoms with E-state index in [0.717, 1.165) is 63.7 Å². The lowest BCUT2D eigenvalue weighted by atomic mass is 10.0. The number of carbonyl (C=O) groups excluding carboxylic acids is 3. The zero-order valence-corrected chi connectivity index (χ0v) is 38.1. The predicted molar refractivity (Wildman–Crippen MR) is 238 cm³/mol. The standard InChI is InChI=1S/C50H96O6/c1-5-7-9-11-13-14-15-16-17-20-24-27-31-35-39-43-50(53)56-47(44-54-48(51)41-37-33-28-12-10-8-6-2)45-55-49(52)42-38-34-30-26-23-21-18-19-22-25-29-32-36-40-46(3)4/h46-47H,5-45H2,1-4H3/t47-/m0/s1. The fourth-order valence-corrected chi connectivity index (χ4v) is 7.51. The molecular weight excluding hydrogens is 697 g/mol. The molecule has 6 nitrogen and oxygen atoms in total. The topological polar surface area (TPSA) is 78.9 Å². The molecule has 0 N–H and O–H groups in total. The second kappa shape index (κ2) is 44.5. The number of ether oxygens (including phenoxy) is 3. The van der Waals surface area contributed by atoms with Crippen LogP contribution in [-0.4, -0.2) is 37.2 Å². The normalized spacial score (nSPS) is 11.9. The Balaban J connectivity index is 4.21. The van der Waals surface area contributed by atoms with Crippen LogP contribution in [0.15, 0.2) is 0 Å². The first-order valence-corrected chi connectivity index (χ1v) is 24.9. The van der Waals surface area contributed by atoms with Gasteiger partial charge in [0.15, 0.2) is 6.10 Å². The van der Waals surface area contributed by atoms with Crippen molar-refractivity contribution in [2.75, 3.05) is 13.2 Å². The molecule has 0 fully saturated rings. The predicted octanol–water partition coefficient (Wildman–Crippen LogP) is 15.9. The summed E-state index contributed by atoms with van der Waals surface area (Å²) >= 11 is 0. The Labute approximate surface area is 348 Å². The van der Waals surface area contributed by atoms with E-state index in [0.29, 0.717) is 19.3 Å². The fourth-order valence-electron chi connectivity index (χ4n) is 7.51. The van der Waals surface area contributed by atoms with E-state index in [-0.39, 0.29) is 31.1 Å². The van der Waals surface area contributed by atoms with Crippen molar-refractivity contribution < 1.29 is 28.6 Å². The van der Waals surface area contributed by atoms with Gasteiger partial charge >= 0.3 is 17.9 Å². The molecule has 0 rings (SSSR count). The molecule has 0 aromatic heterocycles. The second-order valence-corrected chi connectivity index (χ2v) is 17.6. The molecule has 0 aliphatic carbocycles. The minimum Gasteiger partial charge on any atom is -0.462 e. The number of hydrogen-bond donors (Lipinski definition) is 0. The first-order chi connectivity index (χ1) is 27.4. The summed E-state index contributed by atoms with van der Waals surface area (Å²) in [6, 6.07) is 0. The van der Waals surface area contributed by atoms with Crippen LogP contribution in [0, 0.1) is 5.92 Å². The van der Waals surface area contributed by atoms with Crippen molar-refractivity contribution in [3.63, 3.8) is 0 Å². The van der Waals surface area contributed by atoms with Gasteiger partial charge in [0, 0.05) is 19.3 Å². The van der Waals surface area contributed by atoms with Crippen molar-refractivity contribution in [2.24, 2.45) is 5.92 Å². The summed E-state index contributed by atoms with van der Waals surface area (Å²) < 4.78 is 16.7. The zero-order valence-electron chi connectivity index (χ0n) is 38.1. The van der Waals surface area contributed by atoms with Crippen LogP contribution in [0.4, 0.5) is 0 Å². The molecule has 0 aromatic rings. The molecule has 0 amide bonds. The van der Waals surface area contributed by atoms with Gasteiger partial charge in [-0.3, -0.25) is 14.4 Å². The Bertz CT molecular complexity index is 841. The molecular formula is C50H96O6. The number of hydrogen-bond acceptors (Lipinski definition) is 6. The smallest absolute Gasteiger partial charge is 0.306 e. The summed E-state index contributed by atoms with van der Waals surface area (Å²) in [5.41, 5.74) is 0. The zero-order chi connectivity index (χ0) is 41.0. The van der Waals surface area contributed by atoms with Gasteiger partial charge < -0.3 is 14.2 Å². The number of unbranched alkanes of at least 4 members (excludes halogenated alkanes) is 32. The van der Waals surface area contributed by atoms with E-state index >= 15 is 0 Å². The van der Waals surface area contributed by atoms with Gasteiger partial charge in [0.25, 0.3) is 0 Å². The third-order valence-corrected chi connectivity index (χ3v) is 11.3. The Morgan fingerprint density at radius 1 is 0.339 bits per heavy atom. The van der Waals surface area contributed by atoms with Crippen LogP contribution in [0.25, 0.3) is 0 Å². The van der Waals surface area contributed by atoms with Crippen molar-refractivity contribution in [1.82, 2.24) is 0 Å². The van der Waals surface area contributed by atoms with Gasteiger partial charge in [-0.1, -0.05) is 240 Å². The minimum atomic E-state index is -0.759. The third kappa shape index (κ3) is 43.5. The van der Waals surface area contributed by atoms with Crippen LogP contribution in [0.3, 0.4) is 0 Å². The molecule has 0 heterocycles. The highest BCUT2D eigenvalue weighted by molar-refractivity contribution is 5.71. The van der Waals surface area contributed by atoms with Crippen molar-refractivity contribution in [1.29, 1.82) is 0 Å². The first-order valence-electron chi connectivity index (χ1n) is 24.9. The SMILES string of the molecule is CCCCCCCCCCCCCCCCCC(=O)O[C@@H](COC(=O)CCCCCCCCC)COC(=O)CCCCCCCCCCCCCCCC(C)C. The van der Waals surface area contributed by atoms with Gasteiger partial charge in [0.2, 0.25) is 0 Å². The molecule has 0 aliphatic heterocycles. The van der Waals surface area contributed by atoms with E-state index in [1.807, 2.05) is 0 Å². The molecule has 0 saturated carbocycles. The summed E-state index contributed by atoms with van der Waals surface area (Å²) in [4.78, 5) is 37.7. The highest BCUT2D eigenvalue weighted by Crippen LogP contribution is 2.17. The lowest BCUT2D eigenvalue weighted by Gasteiger charge is -2.18. The molecule has 0 aliphatic rings. The monoisotopic (exact) mass is 793 g/mol. The molecule has 0 unspecified atom stereocenters. The molecule has 56 heavy (non-hydrogen) atoms. The maximum absolute atomic E-state index is 12.7. The Morgan fingerprint density at radius 2 is 0.589 bits per heavy atom. The molecule has 0 saturated heterocycles. The van der Waals surface area contributed by atoms with Crippen molar-refractivity contribution in [3.8, 4) is 0 Å². The highest BCUT2D eigenvalue weighted by atomic mass is 16.6. The maximum Gasteiger partial charge on any atom is 0.306 e. The summed E-state index contributed by atoms with van der Waals surface area (Å²) in [5, 5.41) is 0. The summed E-state index contributed by atoms with van der Waals surface area (Å²) in [6.07, 6.45) is 45.3. The average molecular weight is 793 g/mol. The Morgan fingerprint density at radius 3 is 0.875 bits per heavy atom. The summed E-state index contributed by atoms with van der Waals surface area (Å²) in [7, 11) is 0. The number of rotatable bonds is 45. The molecule has 0 bridgehead atoms. The average Bonchev–Trinajstić information content (AvgIpc) is 3.18. The third-order valence-electron chi connectivity index (χ3n) is 11.3. The van der Waals surface area contributed by atoms with Crippen molar-refractivity contribution in [2.45, 2.75) is 284 Å². The number of esters is 3. The summed E-state index contributed by atoms with van der Waals surface area (Å²) in [6.45, 7) is 8.99. The van der Waals surface area contributed by atoms with E-state index < -0.39 is 6.10 Å². The lowest BCUT2D eigenvalue weighted by Crippen LogP contribution is -2.30. The van der Waals surface area contributed by atoms with Crippen LogP contribution in [0.5, 0.6) is 0 Å². The fraction of sp³-hybridized carbons (Fsp3) is 0.940. The van der Waals surface area contributed by atoms with Gasteiger partial charge in [-0.25, -0.2) is 0 Å². The van der Waals surface area contributed by atoms with Crippen LogP contribution in [-0.2, 0) is 28.6 Å². The molecule has 1 atom stereocenters. The van der Waals surface area contributed by atoms with E-state index in [1.54, 1.807) is 0 Å². The van der Waals surface area contributed by atoms with Crippen LogP contribution in [0.1, 0.15) is 278 Å². The van der Waals surface area contributed by atoms with E-state index in [4.69, 9.17) is 14.2 Å². The lowest BCUT2D eigenvalue weighted by molar-refractivity contribution is -0.167. The molecule has 0 radical (unpaired) electrons. The van der Waals surface area contributed by atoms with Crippen LogP contribution >= 0.6 is 0 Å². The minimum absolute atomic E-state index is 0.0634. The molecule has 0 spiro atoms. The van der Waals surface area contributed by atoms with Gasteiger partial charge in [0.05, 0.1) is 0 Å². The molecule has 6 heteroatoms. The van der Waals surface area contributed by atoms with Gasteiger partial charge in [-0.05, 0) is 25.2 Å². The first kappa shape index (κ1) is 54.4. The Hall–Kier alpha value is -1.59.